The van der Waals surface area contributed by atoms with Crippen LogP contribution < -0.4 is 10.2 Å². The summed E-state index contributed by atoms with van der Waals surface area (Å²) in [6, 6.07) is 17.5. The lowest BCUT2D eigenvalue weighted by Crippen LogP contribution is -2.53. The summed E-state index contributed by atoms with van der Waals surface area (Å²) in [6.45, 7) is 7.11. The smallest absolute Gasteiger partial charge is 0.184 e. The molecule has 0 amide bonds. The van der Waals surface area contributed by atoms with E-state index in [4.69, 9.17) is 0 Å². The number of nitrogens with zero attached hydrogens (tertiary/aromatic N) is 1. The Bertz CT molecular complexity index is 679. The van der Waals surface area contributed by atoms with Gasteiger partial charge in [0.1, 0.15) is 0 Å². The number of hydrogen-bond acceptors (Lipinski definition) is 3. The molecule has 1 N–H and O–H groups in total. The molecule has 3 nitrogen and oxygen atoms in total. The Hall–Kier alpha value is -2.29. The normalized spacial score (nSPS) is 17.3. The lowest BCUT2D eigenvalue weighted by Gasteiger charge is -2.44. The van der Waals surface area contributed by atoms with E-state index in [2.05, 4.69) is 36.2 Å². The minimum Gasteiger partial charge on any atom is -0.377 e. The van der Waals surface area contributed by atoms with Gasteiger partial charge in [-0.05, 0) is 32.9 Å². The molecule has 22 heavy (non-hydrogen) atoms. The van der Waals surface area contributed by atoms with Crippen LogP contribution in [-0.4, -0.2) is 23.9 Å². The summed E-state index contributed by atoms with van der Waals surface area (Å²) in [4.78, 5) is 15.0. The molecular weight excluding hydrogens is 272 g/mol. The molecule has 1 heterocycles. The maximum Gasteiger partial charge on any atom is 0.184 e. The molecule has 2 aromatic carbocycles. The Labute approximate surface area is 132 Å². The summed E-state index contributed by atoms with van der Waals surface area (Å²) >= 11 is 0. The minimum absolute atomic E-state index is 0.0699. The minimum atomic E-state index is -0.190. The highest BCUT2D eigenvalue weighted by atomic mass is 16.1. The highest BCUT2D eigenvalue weighted by Gasteiger charge is 2.34. The van der Waals surface area contributed by atoms with Crippen LogP contribution in [0.3, 0.4) is 0 Å². The first kappa shape index (κ1) is 14.6. The van der Waals surface area contributed by atoms with Crippen molar-refractivity contribution in [2.75, 3.05) is 16.8 Å². The van der Waals surface area contributed by atoms with E-state index in [9.17, 15) is 4.79 Å². The van der Waals surface area contributed by atoms with Gasteiger partial charge in [0.2, 0.25) is 0 Å². The van der Waals surface area contributed by atoms with Crippen molar-refractivity contribution in [3.63, 3.8) is 0 Å². The second-order valence-electron chi connectivity index (χ2n) is 6.56. The first-order valence-corrected chi connectivity index (χ1v) is 7.71. The van der Waals surface area contributed by atoms with Crippen molar-refractivity contribution < 1.29 is 4.79 Å². The van der Waals surface area contributed by atoms with Crippen LogP contribution in [0.15, 0.2) is 54.6 Å². The first-order chi connectivity index (χ1) is 10.5. The van der Waals surface area contributed by atoms with Crippen LogP contribution >= 0.6 is 0 Å². The van der Waals surface area contributed by atoms with Gasteiger partial charge in [-0.2, -0.15) is 0 Å². The predicted octanol–water partition coefficient (Wildman–Crippen LogP) is 3.97. The summed E-state index contributed by atoms with van der Waals surface area (Å²) in [7, 11) is 0. The molecule has 0 saturated heterocycles. The number of nitrogens with one attached hydrogen (secondary N) is 1. The maximum atomic E-state index is 12.8. The van der Waals surface area contributed by atoms with E-state index in [1.165, 1.54) is 0 Å². The number of para-hydroxylation sites is 2. The molecule has 1 unspecified atom stereocenters. The summed E-state index contributed by atoms with van der Waals surface area (Å²) < 4.78 is 0. The zero-order valence-electron chi connectivity index (χ0n) is 13.3. The molecule has 2 aromatic rings. The average molecular weight is 294 g/mol. The molecule has 1 aliphatic rings. The molecule has 1 aliphatic heterocycles. The van der Waals surface area contributed by atoms with Crippen LogP contribution in [0.5, 0.6) is 0 Å². The molecule has 1 atom stereocenters. The van der Waals surface area contributed by atoms with Crippen molar-refractivity contribution >= 4 is 17.2 Å². The van der Waals surface area contributed by atoms with E-state index in [-0.39, 0.29) is 17.4 Å². The van der Waals surface area contributed by atoms with E-state index < -0.39 is 0 Å². The van der Waals surface area contributed by atoms with Crippen molar-refractivity contribution in [1.82, 2.24) is 0 Å². The average Bonchev–Trinajstić information content (AvgIpc) is 2.52. The number of carbonyl (C=O) groups is 1. The van der Waals surface area contributed by atoms with Gasteiger partial charge in [0, 0.05) is 17.6 Å². The molecular formula is C19H22N2O. The van der Waals surface area contributed by atoms with E-state index in [1.807, 2.05) is 49.4 Å². The second-order valence-corrected chi connectivity index (χ2v) is 6.56. The molecule has 0 radical (unpaired) electrons. The van der Waals surface area contributed by atoms with Crippen LogP contribution in [0.2, 0.25) is 0 Å². The topological polar surface area (TPSA) is 32.3 Å². The van der Waals surface area contributed by atoms with E-state index >= 15 is 0 Å². The number of anilines is 2. The largest absolute Gasteiger partial charge is 0.377 e. The SMILES string of the molecule is CC(C(=O)c1ccccc1)N1CC(C)(C)Nc2ccccc21. The van der Waals surface area contributed by atoms with Gasteiger partial charge in [-0.3, -0.25) is 4.79 Å². The van der Waals surface area contributed by atoms with Crippen LogP contribution in [0, 0.1) is 0 Å². The molecule has 114 valence electrons. The van der Waals surface area contributed by atoms with E-state index in [1.54, 1.807) is 0 Å². The second kappa shape index (κ2) is 5.48. The highest BCUT2D eigenvalue weighted by molar-refractivity contribution is 6.02. The zero-order valence-corrected chi connectivity index (χ0v) is 13.3. The van der Waals surface area contributed by atoms with Crippen molar-refractivity contribution in [3.8, 4) is 0 Å². The van der Waals surface area contributed by atoms with Crippen LogP contribution in [-0.2, 0) is 0 Å². The third-order valence-corrected chi connectivity index (χ3v) is 4.16. The Kier molecular flexibility index (Phi) is 3.65. The molecule has 0 fully saturated rings. The van der Waals surface area contributed by atoms with Gasteiger partial charge in [-0.1, -0.05) is 42.5 Å². The van der Waals surface area contributed by atoms with Gasteiger partial charge in [0.15, 0.2) is 5.78 Å². The number of benzene rings is 2. The highest BCUT2D eigenvalue weighted by Crippen LogP contribution is 2.35. The molecule has 3 heteroatoms. The van der Waals surface area contributed by atoms with Gasteiger partial charge < -0.3 is 10.2 Å². The van der Waals surface area contributed by atoms with Gasteiger partial charge in [0.05, 0.1) is 17.4 Å². The van der Waals surface area contributed by atoms with Gasteiger partial charge in [-0.15, -0.1) is 0 Å². The summed E-state index contributed by atoms with van der Waals surface area (Å²) in [5, 5.41) is 3.55. The fourth-order valence-corrected chi connectivity index (χ4v) is 3.08. The van der Waals surface area contributed by atoms with Crippen LogP contribution in [0.25, 0.3) is 0 Å². The van der Waals surface area contributed by atoms with Crippen molar-refractivity contribution in [2.24, 2.45) is 0 Å². The number of carbonyl (C=O) groups excluding carboxylic acids is 1. The number of fused-ring (bicyclic) bond motifs is 1. The standard InChI is InChI=1S/C19H22N2O/c1-14(18(22)15-9-5-4-6-10-15)21-13-19(2,3)20-16-11-7-8-12-17(16)21/h4-12,14,20H,13H2,1-3H3. The number of Topliss-reactive ketones (excluding diaryl/α,β-unsaturated/α-hetero) is 1. The van der Waals surface area contributed by atoms with Gasteiger partial charge in [0.25, 0.3) is 0 Å². The molecule has 0 saturated carbocycles. The Balaban J connectivity index is 1.95. The van der Waals surface area contributed by atoms with E-state index in [0.29, 0.717) is 0 Å². The lowest BCUT2D eigenvalue weighted by molar-refractivity contribution is 0.0962. The quantitative estimate of drug-likeness (QED) is 0.869. The summed E-state index contributed by atoms with van der Waals surface area (Å²) in [5.41, 5.74) is 2.88. The van der Waals surface area contributed by atoms with Crippen molar-refractivity contribution in [3.05, 3.63) is 60.2 Å². The fraction of sp³-hybridized carbons (Fsp3) is 0.316. The van der Waals surface area contributed by atoms with Crippen molar-refractivity contribution in [1.29, 1.82) is 0 Å². The van der Waals surface area contributed by atoms with E-state index in [0.717, 1.165) is 23.5 Å². The fourth-order valence-electron chi connectivity index (χ4n) is 3.08. The molecule has 0 bridgehead atoms. The first-order valence-electron chi connectivity index (χ1n) is 7.71. The molecule has 3 rings (SSSR count). The number of rotatable bonds is 3. The van der Waals surface area contributed by atoms with Gasteiger partial charge >= 0.3 is 0 Å². The Morgan fingerprint density at radius 3 is 2.45 bits per heavy atom. The predicted molar refractivity (Wildman–Crippen MR) is 91.7 cm³/mol. The zero-order chi connectivity index (χ0) is 15.7. The lowest BCUT2D eigenvalue weighted by atomic mass is 9.95. The van der Waals surface area contributed by atoms with Crippen LogP contribution in [0.4, 0.5) is 11.4 Å². The monoisotopic (exact) mass is 294 g/mol. The summed E-state index contributed by atoms with van der Waals surface area (Å²) in [6.07, 6.45) is 0. The maximum absolute atomic E-state index is 12.8. The van der Waals surface area contributed by atoms with Crippen LogP contribution in [0.1, 0.15) is 31.1 Å². The molecule has 0 aliphatic carbocycles. The number of ketones is 1. The molecule has 0 aromatic heterocycles. The Morgan fingerprint density at radius 2 is 1.73 bits per heavy atom. The summed E-state index contributed by atoms with van der Waals surface area (Å²) in [5.74, 6) is 0.160. The molecule has 0 spiro atoms. The van der Waals surface area contributed by atoms with Gasteiger partial charge in [-0.25, -0.2) is 0 Å². The third-order valence-electron chi connectivity index (χ3n) is 4.16. The number of hydrogen-bond donors (Lipinski definition) is 1. The third kappa shape index (κ3) is 2.71. The van der Waals surface area contributed by atoms with Crippen molar-refractivity contribution in [2.45, 2.75) is 32.4 Å². The Morgan fingerprint density at radius 1 is 1.09 bits per heavy atom.